The second-order valence-corrected chi connectivity index (χ2v) is 7.14. The lowest BCUT2D eigenvalue weighted by atomic mass is 10.2. The van der Waals surface area contributed by atoms with E-state index in [1.807, 2.05) is 17.8 Å². The van der Waals surface area contributed by atoms with Gasteiger partial charge < -0.3 is 5.11 Å². The number of aryl methyl sites for hydroxylation is 2. The summed E-state index contributed by atoms with van der Waals surface area (Å²) in [6, 6.07) is 5.19. The molecule has 0 aliphatic rings. The van der Waals surface area contributed by atoms with Gasteiger partial charge in [-0.15, -0.1) is 11.8 Å². The highest BCUT2D eigenvalue weighted by Gasteiger charge is 2.15. The van der Waals surface area contributed by atoms with E-state index in [1.165, 1.54) is 11.8 Å². The van der Waals surface area contributed by atoms with Gasteiger partial charge in [0, 0.05) is 22.2 Å². The smallest absolute Gasteiger partial charge is 0.336 e. The largest absolute Gasteiger partial charge is 0.478 e. The summed E-state index contributed by atoms with van der Waals surface area (Å²) in [6.07, 6.45) is 0.857. The summed E-state index contributed by atoms with van der Waals surface area (Å²) in [5.41, 5.74) is 2.38. The lowest BCUT2D eigenvalue weighted by molar-refractivity contribution is 0.0693. The van der Waals surface area contributed by atoms with Crippen molar-refractivity contribution in [2.45, 2.75) is 24.0 Å². The van der Waals surface area contributed by atoms with Gasteiger partial charge in [-0.2, -0.15) is 5.10 Å². The minimum Gasteiger partial charge on any atom is -0.478 e. The number of nitrogens with zero attached hydrogens (tertiary/aromatic N) is 2. The molecule has 0 bridgehead atoms. The highest BCUT2D eigenvalue weighted by molar-refractivity contribution is 9.10. The molecule has 0 amide bonds. The van der Waals surface area contributed by atoms with Crippen molar-refractivity contribution in [2.75, 3.05) is 0 Å². The zero-order chi connectivity index (χ0) is 15.6. The molecule has 0 atom stereocenters. The second kappa shape index (κ2) is 6.98. The predicted octanol–water partition coefficient (Wildman–Crippen LogP) is 4.50. The van der Waals surface area contributed by atoms with E-state index in [2.05, 4.69) is 43.9 Å². The first kappa shape index (κ1) is 16.6. The maximum atomic E-state index is 11.3. The normalized spacial score (nSPS) is 10.9. The van der Waals surface area contributed by atoms with Crippen molar-refractivity contribution in [1.29, 1.82) is 0 Å². The van der Waals surface area contributed by atoms with E-state index in [-0.39, 0.29) is 0 Å². The summed E-state index contributed by atoms with van der Waals surface area (Å²) in [7, 11) is 1.90. The van der Waals surface area contributed by atoms with Gasteiger partial charge in [-0.3, -0.25) is 4.68 Å². The van der Waals surface area contributed by atoms with E-state index in [4.69, 9.17) is 0 Å². The molecule has 112 valence electrons. The fourth-order valence-electron chi connectivity index (χ4n) is 1.92. The molecule has 0 aliphatic carbocycles. The Morgan fingerprint density at radius 1 is 1.43 bits per heavy atom. The first-order valence-electron chi connectivity index (χ1n) is 6.30. The van der Waals surface area contributed by atoms with Gasteiger partial charge in [0.2, 0.25) is 0 Å². The number of carboxylic acid groups (broad SMARTS) is 1. The van der Waals surface area contributed by atoms with Gasteiger partial charge in [0.25, 0.3) is 0 Å². The van der Waals surface area contributed by atoms with Crippen molar-refractivity contribution in [3.05, 3.63) is 44.1 Å². The molecule has 4 nitrogen and oxygen atoms in total. The van der Waals surface area contributed by atoms with Crippen LogP contribution in [0.2, 0.25) is 0 Å². The first-order chi connectivity index (χ1) is 9.93. The van der Waals surface area contributed by atoms with Gasteiger partial charge in [0.05, 0.1) is 21.4 Å². The molecule has 0 saturated heterocycles. The van der Waals surface area contributed by atoms with Gasteiger partial charge in [-0.25, -0.2) is 4.79 Å². The molecule has 1 aromatic heterocycles. The maximum Gasteiger partial charge on any atom is 0.336 e. The highest BCUT2D eigenvalue weighted by atomic mass is 79.9. The molecular formula is C14H14Br2N2O2S. The number of carboxylic acids is 1. The number of carbonyl (C=O) groups is 1. The fraction of sp³-hybridized carbons (Fsp3) is 0.286. The summed E-state index contributed by atoms with van der Waals surface area (Å²) in [5.74, 6) is -0.260. The van der Waals surface area contributed by atoms with Crippen LogP contribution in [0.4, 0.5) is 0 Å². The average molecular weight is 434 g/mol. The van der Waals surface area contributed by atoms with Crippen molar-refractivity contribution in [3.63, 3.8) is 0 Å². The first-order valence-corrected chi connectivity index (χ1v) is 8.87. The van der Waals surface area contributed by atoms with Crippen molar-refractivity contribution in [2.24, 2.45) is 7.05 Å². The lowest BCUT2D eigenvalue weighted by Crippen LogP contribution is -2.00. The molecule has 1 aromatic carbocycles. The highest BCUT2D eigenvalue weighted by Crippen LogP contribution is 2.32. The number of halogens is 2. The Bertz CT molecular complexity index is 686. The summed E-state index contributed by atoms with van der Waals surface area (Å²) >= 11 is 8.45. The van der Waals surface area contributed by atoms with Crippen LogP contribution < -0.4 is 0 Å². The molecule has 0 aliphatic heterocycles. The lowest BCUT2D eigenvalue weighted by Gasteiger charge is -2.07. The molecule has 1 heterocycles. The zero-order valence-corrected chi connectivity index (χ0v) is 15.5. The van der Waals surface area contributed by atoms with E-state index in [0.717, 1.165) is 31.6 Å². The molecule has 0 fully saturated rings. The van der Waals surface area contributed by atoms with Crippen LogP contribution in [-0.2, 0) is 19.2 Å². The number of benzene rings is 1. The van der Waals surface area contributed by atoms with Crippen molar-refractivity contribution >= 4 is 49.6 Å². The Balaban J connectivity index is 2.26. The average Bonchev–Trinajstić information content (AvgIpc) is 2.71. The minimum absolute atomic E-state index is 0.317. The fourth-order valence-corrected chi connectivity index (χ4v) is 4.51. The third kappa shape index (κ3) is 3.70. The van der Waals surface area contributed by atoms with E-state index < -0.39 is 5.97 Å². The third-order valence-electron chi connectivity index (χ3n) is 3.04. The standard InChI is InChI=1S/C14H14Br2N2O2S/c1-3-10-13(16)11(18(2)17-10)7-21-12-6-8(15)4-5-9(12)14(19)20/h4-6H,3,7H2,1-2H3,(H,19,20). The van der Waals surface area contributed by atoms with Crippen LogP contribution in [-0.4, -0.2) is 20.9 Å². The van der Waals surface area contributed by atoms with Gasteiger partial charge in [-0.05, 0) is 40.5 Å². The van der Waals surface area contributed by atoms with Gasteiger partial charge in [-0.1, -0.05) is 22.9 Å². The number of aromatic carboxylic acids is 1. The summed E-state index contributed by atoms with van der Waals surface area (Å²) in [5, 5.41) is 13.7. The van der Waals surface area contributed by atoms with E-state index in [0.29, 0.717) is 11.3 Å². The number of aromatic nitrogens is 2. The molecule has 21 heavy (non-hydrogen) atoms. The Morgan fingerprint density at radius 2 is 2.14 bits per heavy atom. The van der Waals surface area contributed by atoms with E-state index in [9.17, 15) is 9.90 Å². The van der Waals surface area contributed by atoms with Crippen LogP contribution in [0.25, 0.3) is 0 Å². The van der Waals surface area contributed by atoms with Crippen LogP contribution in [0.15, 0.2) is 32.0 Å². The zero-order valence-electron chi connectivity index (χ0n) is 11.6. The molecule has 0 saturated carbocycles. The molecule has 7 heteroatoms. The summed E-state index contributed by atoms with van der Waals surface area (Å²) < 4.78 is 3.72. The Hall–Kier alpha value is -0.790. The SMILES string of the molecule is CCc1nn(C)c(CSc2cc(Br)ccc2C(=O)O)c1Br. The Kier molecular flexibility index (Phi) is 5.51. The van der Waals surface area contributed by atoms with Crippen molar-refractivity contribution in [3.8, 4) is 0 Å². The monoisotopic (exact) mass is 432 g/mol. The third-order valence-corrected chi connectivity index (χ3v) is 5.52. The van der Waals surface area contributed by atoms with Crippen molar-refractivity contribution in [1.82, 2.24) is 9.78 Å². The van der Waals surface area contributed by atoms with E-state index in [1.54, 1.807) is 12.1 Å². The number of rotatable bonds is 5. The van der Waals surface area contributed by atoms with Gasteiger partial charge in [0.15, 0.2) is 0 Å². The molecule has 0 radical (unpaired) electrons. The quantitative estimate of drug-likeness (QED) is 0.705. The predicted molar refractivity (Wildman–Crippen MR) is 90.9 cm³/mol. The van der Waals surface area contributed by atoms with Crippen molar-refractivity contribution < 1.29 is 9.90 Å². The van der Waals surface area contributed by atoms with Crippen LogP contribution in [0, 0.1) is 0 Å². The molecular weight excluding hydrogens is 420 g/mol. The van der Waals surface area contributed by atoms with Crippen LogP contribution in [0.5, 0.6) is 0 Å². The number of hydrogen-bond acceptors (Lipinski definition) is 3. The molecule has 2 aromatic rings. The number of hydrogen-bond donors (Lipinski definition) is 1. The van der Waals surface area contributed by atoms with Crippen LogP contribution in [0.1, 0.15) is 28.7 Å². The van der Waals surface area contributed by atoms with Gasteiger partial charge in [0.1, 0.15) is 0 Å². The topological polar surface area (TPSA) is 55.1 Å². The molecule has 0 spiro atoms. The minimum atomic E-state index is -0.914. The summed E-state index contributed by atoms with van der Waals surface area (Å²) in [4.78, 5) is 12.0. The maximum absolute atomic E-state index is 11.3. The molecule has 0 unspecified atom stereocenters. The second-order valence-electron chi connectivity index (χ2n) is 4.42. The van der Waals surface area contributed by atoms with Gasteiger partial charge >= 0.3 is 5.97 Å². The Labute approximate surface area is 144 Å². The van der Waals surface area contributed by atoms with E-state index >= 15 is 0 Å². The molecule has 1 N–H and O–H groups in total. The summed E-state index contributed by atoms with van der Waals surface area (Å²) in [6.45, 7) is 2.06. The van der Waals surface area contributed by atoms with Crippen LogP contribution in [0.3, 0.4) is 0 Å². The Morgan fingerprint density at radius 3 is 2.71 bits per heavy atom. The molecule has 2 rings (SSSR count). The van der Waals surface area contributed by atoms with Crippen LogP contribution >= 0.6 is 43.6 Å². The number of thioether (sulfide) groups is 1.